The van der Waals surface area contributed by atoms with Crippen molar-refractivity contribution >= 4 is 0 Å². The molecule has 5 heterocycles. The van der Waals surface area contributed by atoms with E-state index in [9.17, 15) is 5.11 Å². The third-order valence-corrected chi connectivity index (χ3v) is 15.2. The summed E-state index contributed by atoms with van der Waals surface area (Å²) in [5.41, 5.74) is 0.671. The number of aliphatic hydroxyl groups excluding tert-OH is 1. The number of nitrogens with one attached hydrogen (secondary N) is 2. The van der Waals surface area contributed by atoms with Crippen LogP contribution < -0.4 is 10.6 Å². The van der Waals surface area contributed by atoms with Crippen molar-refractivity contribution in [2.45, 2.75) is 295 Å². The predicted octanol–water partition coefficient (Wildman–Crippen LogP) is 12.4. The molecule has 2 aliphatic carbocycles. The van der Waals surface area contributed by atoms with Crippen LogP contribution in [0.4, 0.5) is 0 Å². The van der Waals surface area contributed by atoms with Gasteiger partial charge in [0.2, 0.25) is 0 Å². The molecule has 0 aromatic carbocycles. The molecule has 2 saturated carbocycles. The van der Waals surface area contributed by atoms with Crippen molar-refractivity contribution in [3.8, 4) is 0 Å². The summed E-state index contributed by atoms with van der Waals surface area (Å²) in [7, 11) is 0. The predicted molar refractivity (Wildman–Crippen MR) is 292 cm³/mol. The summed E-state index contributed by atoms with van der Waals surface area (Å²) in [6, 6.07) is 7.14. The van der Waals surface area contributed by atoms with Crippen LogP contribution in [0.3, 0.4) is 0 Å². The molecule has 7 aliphatic rings. The second-order valence-electron chi connectivity index (χ2n) is 23.8. The minimum Gasteiger partial charge on any atom is -0.392 e. The van der Waals surface area contributed by atoms with Crippen molar-refractivity contribution in [3.63, 3.8) is 0 Å². The van der Waals surface area contributed by atoms with Crippen molar-refractivity contribution in [2.24, 2.45) is 17.3 Å². The standard InChI is InChI=1S/C9H19NO.5C8H17N.C7H15N.CH4/c1-7(2)10-8-5-3-4-6-9(8)11;2*1-7(2)9-5-4-8(3)6-9;1-7(2)9-6-8(3)4-5-8;2*1-4-8-5-6-9(8)7(2)3;1-7(2)8-5-3-4-6-8;/h7-11H,3-6H2,1-2H3;2*7-8H,4-6H2,1-3H3;7,9H,4-6H2,1-3H3;2*7-8H,4-6H2,1-3H3;7H,3-6H2,1-2H3;1H4/t8-,9+;2*8-;;2*8-;;/m010.10../s1. The lowest BCUT2D eigenvalue weighted by Gasteiger charge is -2.43. The molecule has 0 aromatic heterocycles. The lowest BCUT2D eigenvalue weighted by atomic mass is 9.92. The Kier molecular flexibility index (Phi) is 34.7. The fourth-order valence-corrected chi connectivity index (χ4v) is 9.87. The third kappa shape index (κ3) is 28.2. The van der Waals surface area contributed by atoms with Crippen LogP contribution in [0.25, 0.3) is 0 Å². The Morgan fingerprint density at radius 3 is 1.14 bits per heavy atom. The molecule has 7 rings (SSSR count). The van der Waals surface area contributed by atoms with Gasteiger partial charge >= 0.3 is 0 Å². The second-order valence-corrected chi connectivity index (χ2v) is 23.8. The third-order valence-electron chi connectivity index (χ3n) is 15.2. The second kappa shape index (κ2) is 34.9. The van der Waals surface area contributed by atoms with Gasteiger partial charge in [0.05, 0.1) is 6.10 Å². The molecule has 0 spiro atoms. The number of likely N-dealkylation sites (tertiary alicyclic amines) is 5. The molecule has 392 valence electrons. The van der Waals surface area contributed by atoms with Gasteiger partial charge in [-0.05, 0) is 190 Å². The Morgan fingerprint density at radius 2 is 0.923 bits per heavy atom. The molecule has 8 nitrogen and oxygen atoms in total. The molecule has 65 heavy (non-hydrogen) atoms. The molecule has 6 atom stereocenters. The van der Waals surface area contributed by atoms with E-state index in [1.165, 1.54) is 136 Å². The molecule has 3 N–H and O–H groups in total. The summed E-state index contributed by atoms with van der Waals surface area (Å²) in [5, 5.41) is 16.4. The zero-order valence-corrected chi connectivity index (χ0v) is 47.0. The molecular formula is C57H123N7O. The number of hydrogen-bond donors (Lipinski definition) is 3. The highest BCUT2D eigenvalue weighted by molar-refractivity contribution is 4.90. The SMILES string of the molecule is C.CC(C)N1CCCC1.CC(C)N1CC[C@@H](C)C1.CC(C)N1CC[C@H](C)C1.CC(C)NCC1(C)CC1.CC(C)N[C@H]1CCCC[C@H]1O.CC[C@@H]1CCN1C(C)C.CC[C@H]1CCN1C(C)C. The van der Waals surface area contributed by atoms with Gasteiger partial charge in [-0.15, -0.1) is 0 Å². The zero-order valence-electron chi connectivity index (χ0n) is 47.0. The van der Waals surface area contributed by atoms with Gasteiger partial charge in [-0.3, -0.25) is 9.80 Å². The van der Waals surface area contributed by atoms with Crippen LogP contribution in [-0.4, -0.2) is 155 Å². The van der Waals surface area contributed by atoms with Crippen molar-refractivity contribution in [1.82, 2.24) is 35.1 Å². The Labute approximate surface area is 410 Å². The average Bonchev–Trinajstić information content (AvgIpc) is 3.62. The highest BCUT2D eigenvalue weighted by Gasteiger charge is 2.36. The quantitative estimate of drug-likeness (QED) is 0.179. The number of rotatable bonds is 12. The highest BCUT2D eigenvalue weighted by Crippen LogP contribution is 2.44. The number of hydrogen-bond acceptors (Lipinski definition) is 8. The molecule has 5 saturated heterocycles. The monoisotopic (exact) mass is 922 g/mol. The van der Waals surface area contributed by atoms with Crippen LogP contribution in [0, 0.1) is 17.3 Å². The molecule has 0 bridgehead atoms. The van der Waals surface area contributed by atoms with E-state index < -0.39 is 0 Å². The van der Waals surface area contributed by atoms with Gasteiger partial charge in [-0.1, -0.05) is 82.6 Å². The van der Waals surface area contributed by atoms with E-state index in [0.29, 0.717) is 23.5 Å². The van der Waals surface area contributed by atoms with Crippen LogP contribution in [0.5, 0.6) is 0 Å². The fourth-order valence-electron chi connectivity index (χ4n) is 9.87. The molecule has 0 aromatic rings. The van der Waals surface area contributed by atoms with Crippen LogP contribution in [0.15, 0.2) is 0 Å². The van der Waals surface area contributed by atoms with E-state index in [-0.39, 0.29) is 13.5 Å². The summed E-state index contributed by atoms with van der Waals surface area (Å²) >= 11 is 0. The molecule has 7 fully saturated rings. The minimum atomic E-state index is -0.105. The van der Waals surface area contributed by atoms with E-state index in [1.54, 1.807) is 0 Å². The van der Waals surface area contributed by atoms with E-state index in [2.05, 4.69) is 167 Å². The Morgan fingerprint density at radius 1 is 0.508 bits per heavy atom. The van der Waals surface area contributed by atoms with Gasteiger partial charge in [-0.2, -0.15) is 0 Å². The largest absolute Gasteiger partial charge is 0.392 e. The first-order valence-electron chi connectivity index (χ1n) is 27.9. The summed E-state index contributed by atoms with van der Waals surface area (Å²) in [6.45, 7) is 54.8. The molecular weight excluding hydrogens is 799 g/mol. The number of aliphatic hydroxyl groups is 1. The van der Waals surface area contributed by atoms with Crippen molar-refractivity contribution in [3.05, 3.63) is 0 Å². The van der Waals surface area contributed by atoms with Gasteiger partial charge in [0.1, 0.15) is 0 Å². The molecule has 0 amide bonds. The van der Waals surface area contributed by atoms with Crippen molar-refractivity contribution < 1.29 is 5.11 Å². The van der Waals surface area contributed by atoms with Crippen LogP contribution >= 0.6 is 0 Å². The Hall–Kier alpha value is -0.320. The van der Waals surface area contributed by atoms with Gasteiger partial charge in [0.15, 0.2) is 0 Å². The van der Waals surface area contributed by atoms with Crippen molar-refractivity contribution in [2.75, 3.05) is 58.9 Å². The first kappa shape index (κ1) is 64.7. The lowest BCUT2D eigenvalue weighted by molar-refractivity contribution is 0.0541. The summed E-state index contributed by atoms with van der Waals surface area (Å²) in [6.07, 6.45) is 18.5. The molecule has 0 radical (unpaired) electrons. The first-order chi connectivity index (χ1) is 30.0. The molecule has 0 unspecified atom stereocenters. The van der Waals surface area contributed by atoms with Gasteiger partial charge in [-0.25, -0.2) is 0 Å². The summed E-state index contributed by atoms with van der Waals surface area (Å²) < 4.78 is 0. The van der Waals surface area contributed by atoms with E-state index in [4.69, 9.17) is 0 Å². The zero-order chi connectivity index (χ0) is 48.6. The van der Waals surface area contributed by atoms with Gasteiger partial charge in [0, 0.05) is 93.1 Å². The Bertz CT molecular complexity index is 1040. The maximum Gasteiger partial charge on any atom is 0.0693 e. The normalized spacial score (nSPS) is 27.7. The van der Waals surface area contributed by atoms with E-state index >= 15 is 0 Å². The van der Waals surface area contributed by atoms with Crippen LogP contribution in [0.2, 0.25) is 0 Å². The first-order valence-corrected chi connectivity index (χ1v) is 27.9. The van der Waals surface area contributed by atoms with Crippen LogP contribution in [-0.2, 0) is 0 Å². The van der Waals surface area contributed by atoms with Gasteiger partial charge in [0.25, 0.3) is 0 Å². The van der Waals surface area contributed by atoms with Crippen LogP contribution in [0.1, 0.15) is 229 Å². The molecule has 5 aliphatic heterocycles. The lowest BCUT2D eigenvalue weighted by Crippen LogP contribution is -2.50. The average molecular weight is 923 g/mol. The topological polar surface area (TPSA) is 60.5 Å². The number of nitrogens with zero attached hydrogens (tertiary/aromatic N) is 5. The maximum absolute atomic E-state index is 9.56. The smallest absolute Gasteiger partial charge is 0.0693 e. The van der Waals surface area contributed by atoms with Crippen molar-refractivity contribution in [1.29, 1.82) is 0 Å². The fraction of sp³-hybridized carbons (Fsp3) is 1.00. The maximum atomic E-state index is 9.56. The van der Waals surface area contributed by atoms with E-state index in [0.717, 1.165) is 67.0 Å². The highest BCUT2D eigenvalue weighted by atomic mass is 16.3. The van der Waals surface area contributed by atoms with Gasteiger partial charge < -0.3 is 30.4 Å². The van der Waals surface area contributed by atoms with E-state index in [1.807, 2.05) is 0 Å². The summed E-state index contributed by atoms with van der Waals surface area (Å²) in [5.74, 6) is 1.87. The minimum absolute atomic E-state index is 0. The Balaban J connectivity index is 0.000000734. The molecule has 8 heteroatoms. The summed E-state index contributed by atoms with van der Waals surface area (Å²) in [4.78, 5) is 12.8.